The van der Waals surface area contributed by atoms with E-state index >= 15 is 0 Å². The van der Waals surface area contributed by atoms with E-state index in [0.717, 1.165) is 0 Å². The molecule has 0 fully saturated rings. The number of carbonyl (C=O) groups excluding carboxylic acids is 1. The molecule has 0 radical (unpaired) electrons. The molecule has 162 valence electrons. The summed E-state index contributed by atoms with van der Waals surface area (Å²) in [5, 5.41) is 9.59. The molecule has 1 amide bonds. The lowest BCUT2D eigenvalue weighted by Crippen LogP contribution is -2.42. The number of para-hydroxylation sites is 1. The van der Waals surface area contributed by atoms with Gasteiger partial charge < -0.3 is 9.84 Å². The van der Waals surface area contributed by atoms with Gasteiger partial charge in [-0.3, -0.25) is 20.4 Å². The summed E-state index contributed by atoms with van der Waals surface area (Å²) in [7, 11) is -2.99. The number of benzene rings is 2. The minimum atomic E-state index is -4.28. The van der Waals surface area contributed by atoms with Crippen molar-refractivity contribution in [2.45, 2.75) is 30.7 Å². The molecule has 1 atom stereocenters. The maximum atomic E-state index is 12.7. The zero-order valence-electron chi connectivity index (χ0n) is 16.3. The lowest BCUT2D eigenvalue weighted by molar-refractivity contribution is -0.139. The van der Waals surface area contributed by atoms with Gasteiger partial charge in [-0.2, -0.15) is 4.72 Å². The average molecular weight is 456 g/mol. The predicted octanol–water partition coefficient (Wildman–Crippen LogP) is 2.31. The fourth-order valence-electron chi connectivity index (χ4n) is 2.49. The van der Waals surface area contributed by atoms with Crippen LogP contribution in [0.2, 0.25) is 5.02 Å². The van der Waals surface area contributed by atoms with E-state index in [-0.39, 0.29) is 28.5 Å². The molecule has 0 spiro atoms. The molecule has 2 rings (SSSR count). The van der Waals surface area contributed by atoms with Gasteiger partial charge in [0.25, 0.3) is 0 Å². The highest BCUT2D eigenvalue weighted by Crippen LogP contribution is 2.30. The number of halogens is 1. The minimum absolute atomic E-state index is 0.0262. The summed E-state index contributed by atoms with van der Waals surface area (Å²) in [5.74, 6) is -1.89. The Labute approximate surface area is 179 Å². The number of aliphatic carboxylic acids is 1. The molecule has 2 aromatic carbocycles. The number of nitrogens with one attached hydrogen (secondary N) is 3. The minimum Gasteiger partial charge on any atom is -0.495 e. The second-order valence-corrected chi connectivity index (χ2v) is 8.43. The summed E-state index contributed by atoms with van der Waals surface area (Å²) in [6.07, 6.45) is -0.496. The predicted molar refractivity (Wildman–Crippen MR) is 112 cm³/mol. The number of hydrogen-bond acceptors (Lipinski definition) is 6. The van der Waals surface area contributed by atoms with Crippen molar-refractivity contribution in [1.29, 1.82) is 0 Å². The van der Waals surface area contributed by atoms with Gasteiger partial charge in [0.15, 0.2) is 0 Å². The second kappa shape index (κ2) is 10.3. The lowest BCUT2D eigenvalue weighted by atomic mass is 10.1. The number of amides is 1. The van der Waals surface area contributed by atoms with Gasteiger partial charge in [-0.15, -0.1) is 0 Å². The van der Waals surface area contributed by atoms with Gasteiger partial charge in [0, 0.05) is 11.4 Å². The van der Waals surface area contributed by atoms with Crippen molar-refractivity contribution < 1.29 is 27.9 Å². The number of carboxylic acids is 1. The second-order valence-electron chi connectivity index (χ2n) is 6.34. The number of methoxy groups -OCH3 is 1. The number of sulfonamides is 1. The van der Waals surface area contributed by atoms with Crippen molar-refractivity contribution in [1.82, 2.24) is 10.1 Å². The molecule has 2 aromatic rings. The summed E-state index contributed by atoms with van der Waals surface area (Å²) < 4.78 is 32.6. The van der Waals surface area contributed by atoms with Gasteiger partial charge in [-0.1, -0.05) is 29.8 Å². The van der Waals surface area contributed by atoms with Gasteiger partial charge in [0.2, 0.25) is 15.9 Å². The monoisotopic (exact) mass is 455 g/mol. The maximum Gasteiger partial charge on any atom is 0.321 e. The highest BCUT2D eigenvalue weighted by molar-refractivity contribution is 7.89. The molecule has 0 heterocycles. The first-order valence-corrected chi connectivity index (χ1v) is 10.7. The smallest absolute Gasteiger partial charge is 0.321 e. The molecule has 0 aliphatic heterocycles. The number of anilines is 1. The van der Waals surface area contributed by atoms with E-state index in [1.165, 1.54) is 19.2 Å². The molecule has 1 unspecified atom stereocenters. The molecule has 11 heteroatoms. The SMILES string of the molecule is COc1cc(C)c(Cl)cc1S(=O)(=O)NC(CCC(=O)NNc1ccccc1)C(=O)O. The first-order valence-electron chi connectivity index (χ1n) is 8.83. The van der Waals surface area contributed by atoms with E-state index in [0.29, 0.717) is 11.3 Å². The summed E-state index contributed by atoms with van der Waals surface area (Å²) in [6, 6.07) is 9.92. The van der Waals surface area contributed by atoms with Crippen molar-refractivity contribution in [2.24, 2.45) is 0 Å². The first-order chi connectivity index (χ1) is 14.1. The quantitative estimate of drug-likeness (QED) is 0.404. The Morgan fingerprint density at radius 1 is 1.20 bits per heavy atom. The topological polar surface area (TPSA) is 134 Å². The number of ether oxygens (including phenoxy) is 1. The Bertz CT molecular complexity index is 1010. The number of rotatable bonds is 10. The van der Waals surface area contributed by atoms with Crippen molar-refractivity contribution in [3.63, 3.8) is 0 Å². The fourth-order valence-corrected chi connectivity index (χ4v) is 4.12. The summed E-state index contributed by atoms with van der Waals surface area (Å²) in [5.41, 5.74) is 6.35. The van der Waals surface area contributed by atoms with Crippen LogP contribution >= 0.6 is 11.6 Å². The molecular weight excluding hydrogens is 434 g/mol. The van der Waals surface area contributed by atoms with Crippen LogP contribution in [0.15, 0.2) is 47.4 Å². The number of carboxylic acid groups (broad SMARTS) is 1. The molecule has 9 nitrogen and oxygen atoms in total. The number of carbonyl (C=O) groups is 2. The third-order valence-corrected chi connectivity index (χ3v) is 6.01. The van der Waals surface area contributed by atoms with E-state index in [2.05, 4.69) is 15.6 Å². The molecule has 0 bridgehead atoms. The third-order valence-electron chi connectivity index (χ3n) is 4.11. The van der Waals surface area contributed by atoms with E-state index < -0.39 is 27.9 Å². The highest BCUT2D eigenvalue weighted by atomic mass is 35.5. The number of hydrogen-bond donors (Lipinski definition) is 4. The van der Waals surface area contributed by atoms with Crippen molar-refractivity contribution >= 4 is 39.2 Å². The molecule has 0 aromatic heterocycles. The summed E-state index contributed by atoms with van der Waals surface area (Å²) in [6.45, 7) is 1.68. The zero-order valence-corrected chi connectivity index (χ0v) is 17.9. The van der Waals surface area contributed by atoms with Crippen LogP contribution in [0.25, 0.3) is 0 Å². The molecule has 0 saturated carbocycles. The van der Waals surface area contributed by atoms with Crippen LogP contribution in [-0.2, 0) is 19.6 Å². The zero-order chi connectivity index (χ0) is 22.3. The third kappa shape index (κ3) is 6.34. The molecular formula is C19H22ClN3O6S. The van der Waals surface area contributed by atoms with Gasteiger partial charge in [-0.25, -0.2) is 8.42 Å². The van der Waals surface area contributed by atoms with Gasteiger partial charge in [0.1, 0.15) is 16.7 Å². The van der Waals surface area contributed by atoms with E-state index in [1.54, 1.807) is 31.2 Å². The van der Waals surface area contributed by atoms with Gasteiger partial charge in [-0.05, 0) is 43.2 Å². The number of hydrazine groups is 1. The molecule has 0 saturated heterocycles. The Hall–Kier alpha value is -2.82. The Morgan fingerprint density at radius 3 is 2.47 bits per heavy atom. The standard InChI is InChI=1S/C19H22ClN3O6S/c1-12-10-16(29-2)17(11-14(12)20)30(27,28)23-15(19(25)26)8-9-18(24)22-21-13-6-4-3-5-7-13/h3-7,10-11,15,21,23H,8-9H2,1-2H3,(H,22,24)(H,25,26). The Morgan fingerprint density at radius 2 is 1.87 bits per heavy atom. The molecule has 4 N–H and O–H groups in total. The van der Waals surface area contributed by atoms with Gasteiger partial charge in [0.05, 0.1) is 12.8 Å². The van der Waals surface area contributed by atoms with Gasteiger partial charge >= 0.3 is 5.97 Å². The van der Waals surface area contributed by atoms with Crippen LogP contribution in [0.3, 0.4) is 0 Å². The van der Waals surface area contributed by atoms with E-state index in [4.69, 9.17) is 16.3 Å². The maximum absolute atomic E-state index is 12.7. The first kappa shape index (κ1) is 23.5. The summed E-state index contributed by atoms with van der Waals surface area (Å²) >= 11 is 6.01. The molecule has 30 heavy (non-hydrogen) atoms. The summed E-state index contributed by atoms with van der Waals surface area (Å²) in [4.78, 5) is 23.2. The van der Waals surface area contributed by atoms with Crippen LogP contribution < -0.4 is 20.3 Å². The fraction of sp³-hybridized carbons (Fsp3) is 0.263. The van der Waals surface area contributed by atoms with Crippen LogP contribution in [0.4, 0.5) is 5.69 Å². The number of aryl methyl sites for hydroxylation is 1. The normalized spacial score (nSPS) is 12.1. The van der Waals surface area contributed by atoms with Crippen LogP contribution in [-0.4, -0.2) is 38.6 Å². The van der Waals surface area contributed by atoms with Crippen LogP contribution in [0.5, 0.6) is 5.75 Å². The van der Waals surface area contributed by atoms with Crippen LogP contribution in [0.1, 0.15) is 18.4 Å². The highest BCUT2D eigenvalue weighted by Gasteiger charge is 2.28. The van der Waals surface area contributed by atoms with Crippen LogP contribution in [0, 0.1) is 6.92 Å². The lowest BCUT2D eigenvalue weighted by Gasteiger charge is -2.17. The van der Waals surface area contributed by atoms with E-state index in [1.807, 2.05) is 6.07 Å². The molecule has 0 aliphatic rings. The van der Waals surface area contributed by atoms with Crippen molar-refractivity contribution in [3.8, 4) is 5.75 Å². The Balaban J connectivity index is 2.05. The van der Waals surface area contributed by atoms with Crippen molar-refractivity contribution in [2.75, 3.05) is 12.5 Å². The average Bonchev–Trinajstić information content (AvgIpc) is 2.71. The van der Waals surface area contributed by atoms with E-state index in [9.17, 15) is 23.1 Å². The van der Waals surface area contributed by atoms with Crippen molar-refractivity contribution in [3.05, 3.63) is 53.1 Å². The molecule has 0 aliphatic carbocycles. The largest absolute Gasteiger partial charge is 0.495 e. The Kier molecular flexibility index (Phi) is 8.04.